The molecule has 2 nitrogen and oxygen atoms in total. The van der Waals surface area contributed by atoms with E-state index in [2.05, 4.69) is 5.32 Å². The second-order valence-corrected chi connectivity index (χ2v) is 5.62. The number of hydrogen-bond donors (Lipinski definition) is 1. The van der Waals surface area contributed by atoms with E-state index < -0.39 is 0 Å². The van der Waals surface area contributed by atoms with Crippen molar-refractivity contribution in [1.82, 2.24) is 10.3 Å². The Morgan fingerprint density at radius 1 is 1.44 bits per heavy atom. The third kappa shape index (κ3) is 1.83. The van der Waals surface area contributed by atoms with Crippen LogP contribution >= 0.6 is 22.9 Å². The fourth-order valence-electron chi connectivity index (χ4n) is 2.17. The van der Waals surface area contributed by atoms with Gasteiger partial charge in [0.1, 0.15) is 0 Å². The molecule has 2 aromatic rings. The maximum atomic E-state index is 6.16. The molecule has 1 unspecified atom stereocenters. The maximum absolute atomic E-state index is 6.16. The molecule has 0 spiro atoms. The molecular formula is C12H13ClN2S. The summed E-state index contributed by atoms with van der Waals surface area (Å²) in [5.74, 6) is 0.571. The molecule has 1 N–H and O–H groups in total. The summed E-state index contributed by atoms with van der Waals surface area (Å²) in [6, 6.07) is 5.94. The van der Waals surface area contributed by atoms with Crippen LogP contribution in [0, 0.1) is 0 Å². The minimum absolute atomic E-state index is 0.571. The Hall–Kier alpha value is -0.640. The number of thiazole rings is 1. The lowest BCUT2D eigenvalue weighted by Crippen LogP contribution is -2.28. The normalized spacial score (nSPS) is 21.4. The van der Waals surface area contributed by atoms with Crippen LogP contribution in [0.2, 0.25) is 5.02 Å². The van der Waals surface area contributed by atoms with Gasteiger partial charge in [0.2, 0.25) is 0 Å². The predicted octanol–water partition coefficient (Wildman–Crippen LogP) is 3.42. The number of halogens is 1. The van der Waals surface area contributed by atoms with Gasteiger partial charge in [-0.1, -0.05) is 17.7 Å². The van der Waals surface area contributed by atoms with Crippen LogP contribution in [0.5, 0.6) is 0 Å². The number of rotatable bonds is 1. The van der Waals surface area contributed by atoms with Gasteiger partial charge in [0.15, 0.2) is 0 Å². The highest BCUT2D eigenvalue weighted by Gasteiger charge is 2.19. The molecule has 1 fully saturated rings. The molecule has 1 aromatic heterocycles. The average molecular weight is 253 g/mol. The number of aromatic nitrogens is 1. The summed E-state index contributed by atoms with van der Waals surface area (Å²) in [4.78, 5) is 4.69. The number of hydrogen-bond acceptors (Lipinski definition) is 3. The smallest absolute Gasteiger partial charge is 0.0982 e. The molecule has 1 aromatic carbocycles. The zero-order valence-electron chi connectivity index (χ0n) is 8.87. The quantitative estimate of drug-likeness (QED) is 0.841. The van der Waals surface area contributed by atoms with Crippen LogP contribution in [0.15, 0.2) is 18.2 Å². The number of benzene rings is 1. The minimum Gasteiger partial charge on any atom is -0.316 e. The highest BCUT2D eigenvalue weighted by Crippen LogP contribution is 2.34. The van der Waals surface area contributed by atoms with E-state index in [1.807, 2.05) is 18.2 Å². The maximum Gasteiger partial charge on any atom is 0.0982 e. The molecule has 4 heteroatoms. The van der Waals surface area contributed by atoms with Crippen LogP contribution < -0.4 is 5.32 Å². The van der Waals surface area contributed by atoms with Crippen molar-refractivity contribution < 1.29 is 0 Å². The van der Waals surface area contributed by atoms with Crippen LogP contribution in [0.3, 0.4) is 0 Å². The molecule has 0 amide bonds. The standard InChI is InChI=1S/C12H13ClN2S/c13-9-4-1-5-10-11(9)16-12(15-10)8-3-2-6-14-7-8/h1,4-5,8,14H,2-3,6-7H2. The van der Waals surface area contributed by atoms with Crippen LogP contribution in [0.1, 0.15) is 23.8 Å². The molecular weight excluding hydrogens is 240 g/mol. The van der Waals surface area contributed by atoms with E-state index in [4.69, 9.17) is 16.6 Å². The summed E-state index contributed by atoms with van der Waals surface area (Å²) in [7, 11) is 0. The van der Waals surface area contributed by atoms with Gasteiger partial charge in [0.05, 0.1) is 20.2 Å². The Morgan fingerprint density at radius 3 is 3.12 bits per heavy atom. The molecule has 3 rings (SSSR count). The van der Waals surface area contributed by atoms with Gasteiger partial charge in [-0.15, -0.1) is 11.3 Å². The van der Waals surface area contributed by atoms with Gasteiger partial charge in [-0.2, -0.15) is 0 Å². The molecule has 2 heterocycles. The molecule has 1 aliphatic rings. The lowest BCUT2D eigenvalue weighted by molar-refractivity contribution is 0.461. The Kier molecular flexibility index (Phi) is 2.84. The SMILES string of the molecule is Clc1cccc2nc(C3CCCNC3)sc12. The van der Waals surface area contributed by atoms with Crippen molar-refractivity contribution in [2.75, 3.05) is 13.1 Å². The van der Waals surface area contributed by atoms with E-state index in [-0.39, 0.29) is 0 Å². The number of nitrogens with zero attached hydrogens (tertiary/aromatic N) is 1. The molecule has 1 aliphatic heterocycles. The second-order valence-electron chi connectivity index (χ2n) is 4.18. The molecule has 0 radical (unpaired) electrons. The van der Waals surface area contributed by atoms with Gasteiger partial charge in [-0.25, -0.2) is 4.98 Å². The number of nitrogens with one attached hydrogen (secondary N) is 1. The summed E-state index contributed by atoms with van der Waals surface area (Å²) in [5.41, 5.74) is 1.04. The summed E-state index contributed by atoms with van der Waals surface area (Å²) < 4.78 is 1.13. The van der Waals surface area contributed by atoms with E-state index in [1.54, 1.807) is 11.3 Å². The van der Waals surface area contributed by atoms with E-state index in [1.165, 1.54) is 17.8 Å². The largest absolute Gasteiger partial charge is 0.316 e. The van der Waals surface area contributed by atoms with Crippen LogP contribution in [0.4, 0.5) is 0 Å². The van der Waals surface area contributed by atoms with Crippen molar-refractivity contribution in [3.05, 3.63) is 28.2 Å². The lowest BCUT2D eigenvalue weighted by Gasteiger charge is -2.20. The fraction of sp³-hybridized carbons (Fsp3) is 0.417. The topological polar surface area (TPSA) is 24.9 Å². The fourth-order valence-corrected chi connectivity index (χ4v) is 3.56. The van der Waals surface area contributed by atoms with Gasteiger partial charge in [0, 0.05) is 12.5 Å². The highest BCUT2D eigenvalue weighted by atomic mass is 35.5. The zero-order chi connectivity index (χ0) is 11.0. The Bertz CT molecular complexity index is 503. The van der Waals surface area contributed by atoms with E-state index in [0.29, 0.717) is 5.92 Å². The van der Waals surface area contributed by atoms with Gasteiger partial charge in [0.25, 0.3) is 0 Å². The summed E-state index contributed by atoms with van der Waals surface area (Å²) >= 11 is 7.91. The summed E-state index contributed by atoms with van der Waals surface area (Å²) in [5, 5.41) is 5.48. The first-order valence-corrected chi connectivity index (χ1v) is 6.80. The second kappa shape index (κ2) is 4.32. The first-order chi connectivity index (χ1) is 7.84. The first-order valence-electron chi connectivity index (χ1n) is 5.60. The van der Waals surface area contributed by atoms with Gasteiger partial charge in [-0.05, 0) is 31.5 Å². The van der Waals surface area contributed by atoms with E-state index in [0.717, 1.165) is 28.3 Å². The van der Waals surface area contributed by atoms with Crippen molar-refractivity contribution >= 4 is 33.2 Å². The van der Waals surface area contributed by atoms with E-state index in [9.17, 15) is 0 Å². The molecule has 0 bridgehead atoms. The molecule has 1 saturated heterocycles. The van der Waals surface area contributed by atoms with Crippen LogP contribution in [0.25, 0.3) is 10.2 Å². The molecule has 0 saturated carbocycles. The highest BCUT2D eigenvalue weighted by molar-refractivity contribution is 7.19. The molecule has 16 heavy (non-hydrogen) atoms. The average Bonchev–Trinajstić information content (AvgIpc) is 2.76. The Balaban J connectivity index is 2.01. The third-order valence-corrected chi connectivity index (χ3v) is 4.72. The summed E-state index contributed by atoms with van der Waals surface area (Å²) in [6.45, 7) is 2.19. The van der Waals surface area contributed by atoms with Gasteiger partial charge in [-0.3, -0.25) is 0 Å². The first kappa shape index (κ1) is 10.5. The lowest BCUT2D eigenvalue weighted by atomic mass is 10.0. The Morgan fingerprint density at radius 2 is 2.38 bits per heavy atom. The number of fused-ring (bicyclic) bond motifs is 1. The molecule has 84 valence electrons. The Labute approximate surface area is 104 Å². The van der Waals surface area contributed by atoms with Crippen LogP contribution in [-0.4, -0.2) is 18.1 Å². The van der Waals surface area contributed by atoms with Crippen molar-refractivity contribution in [3.63, 3.8) is 0 Å². The van der Waals surface area contributed by atoms with E-state index >= 15 is 0 Å². The molecule has 0 aliphatic carbocycles. The molecule has 1 atom stereocenters. The third-order valence-electron chi connectivity index (χ3n) is 3.03. The zero-order valence-corrected chi connectivity index (χ0v) is 10.4. The van der Waals surface area contributed by atoms with Crippen molar-refractivity contribution in [2.24, 2.45) is 0 Å². The van der Waals surface area contributed by atoms with Gasteiger partial charge < -0.3 is 5.32 Å². The monoisotopic (exact) mass is 252 g/mol. The predicted molar refractivity (Wildman–Crippen MR) is 69.5 cm³/mol. The van der Waals surface area contributed by atoms with Gasteiger partial charge >= 0.3 is 0 Å². The summed E-state index contributed by atoms with van der Waals surface area (Å²) in [6.07, 6.45) is 2.48. The van der Waals surface area contributed by atoms with Crippen molar-refractivity contribution in [2.45, 2.75) is 18.8 Å². The number of piperidine rings is 1. The van der Waals surface area contributed by atoms with Crippen molar-refractivity contribution in [1.29, 1.82) is 0 Å². The van der Waals surface area contributed by atoms with Crippen LogP contribution in [-0.2, 0) is 0 Å². The minimum atomic E-state index is 0.571. The van der Waals surface area contributed by atoms with Crippen molar-refractivity contribution in [3.8, 4) is 0 Å².